The number of hydrogen-bond donors (Lipinski definition) is 1. The average Bonchev–Trinajstić information content (AvgIpc) is 2.25. The number of carboxylic acid groups (broad SMARTS) is 1. The first-order valence-electron chi connectivity index (χ1n) is 5.16. The first-order chi connectivity index (χ1) is 7.63. The van der Waals surface area contributed by atoms with E-state index in [2.05, 4.69) is 0 Å². The van der Waals surface area contributed by atoms with E-state index >= 15 is 0 Å². The van der Waals surface area contributed by atoms with Crippen molar-refractivity contribution in [1.82, 2.24) is 0 Å². The Balaban J connectivity index is 2.63. The number of aliphatic carboxylic acids is 1. The maximum Gasteiger partial charge on any atom is 0.303 e. The third kappa shape index (κ3) is 3.77. The van der Waals surface area contributed by atoms with Gasteiger partial charge in [0, 0.05) is 6.42 Å². The first-order valence-corrected chi connectivity index (χ1v) is 5.16. The lowest BCUT2D eigenvalue weighted by molar-refractivity contribution is -0.136. The lowest BCUT2D eigenvalue weighted by atomic mass is 10.1. The van der Waals surface area contributed by atoms with Crippen LogP contribution in [0.5, 0.6) is 5.75 Å². The average molecular weight is 220 g/mol. The van der Waals surface area contributed by atoms with Crippen LogP contribution in [-0.2, 0) is 4.79 Å². The summed E-state index contributed by atoms with van der Waals surface area (Å²) in [7, 11) is 1.64. The Bertz CT molecular complexity index is 394. The van der Waals surface area contributed by atoms with E-state index in [4.69, 9.17) is 9.84 Å². The highest BCUT2D eigenvalue weighted by Gasteiger charge is 1.97. The molecule has 1 aromatic rings. The van der Waals surface area contributed by atoms with Crippen LogP contribution in [-0.4, -0.2) is 18.2 Å². The monoisotopic (exact) mass is 220 g/mol. The predicted octanol–water partition coefficient (Wildman–Crippen LogP) is 2.88. The fourth-order valence-corrected chi connectivity index (χ4v) is 1.38. The third-order valence-electron chi connectivity index (χ3n) is 2.30. The number of carbonyl (C=O) groups is 1. The molecule has 0 saturated heterocycles. The zero-order valence-electron chi connectivity index (χ0n) is 9.56. The highest BCUT2D eigenvalue weighted by molar-refractivity contribution is 5.67. The molecule has 0 saturated carbocycles. The number of benzene rings is 1. The number of allylic oxidation sites excluding steroid dienone is 1. The summed E-state index contributed by atoms with van der Waals surface area (Å²) >= 11 is 0. The molecule has 0 aliphatic carbocycles. The Hall–Kier alpha value is -1.77. The van der Waals surface area contributed by atoms with Crippen molar-refractivity contribution in [1.29, 1.82) is 0 Å². The summed E-state index contributed by atoms with van der Waals surface area (Å²) in [5.74, 6) is 0.0660. The summed E-state index contributed by atoms with van der Waals surface area (Å²) in [6.45, 7) is 2.00. The van der Waals surface area contributed by atoms with Gasteiger partial charge in [0.1, 0.15) is 5.75 Å². The van der Waals surface area contributed by atoms with Gasteiger partial charge in [0.15, 0.2) is 0 Å². The Morgan fingerprint density at radius 1 is 1.50 bits per heavy atom. The van der Waals surface area contributed by atoms with E-state index in [0.29, 0.717) is 6.42 Å². The van der Waals surface area contributed by atoms with Crippen LogP contribution in [0, 0.1) is 6.92 Å². The quantitative estimate of drug-likeness (QED) is 0.829. The van der Waals surface area contributed by atoms with Crippen LogP contribution in [0.1, 0.15) is 24.0 Å². The van der Waals surface area contributed by atoms with Gasteiger partial charge in [-0.05, 0) is 36.6 Å². The second kappa shape index (κ2) is 5.95. The molecule has 1 N–H and O–H groups in total. The Morgan fingerprint density at radius 3 is 2.81 bits per heavy atom. The van der Waals surface area contributed by atoms with Crippen molar-refractivity contribution in [3.63, 3.8) is 0 Å². The van der Waals surface area contributed by atoms with Crippen LogP contribution in [0.3, 0.4) is 0 Å². The molecule has 0 radical (unpaired) electrons. The van der Waals surface area contributed by atoms with Crippen molar-refractivity contribution in [2.24, 2.45) is 0 Å². The summed E-state index contributed by atoms with van der Waals surface area (Å²) in [6, 6.07) is 5.81. The van der Waals surface area contributed by atoms with E-state index in [9.17, 15) is 4.79 Å². The molecule has 0 aliphatic rings. The molecular formula is C13H16O3. The molecule has 0 aliphatic heterocycles. The zero-order valence-corrected chi connectivity index (χ0v) is 9.56. The molecule has 86 valence electrons. The van der Waals surface area contributed by atoms with Gasteiger partial charge in [-0.25, -0.2) is 0 Å². The Kier molecular flexibility index (Phi) is 4.58. The van der Waals surface area contributed by atoms with Gasteiger partial charge in [-0.1, -0.05) is 18.2 Å². The van der Waals surface area contributed by atoms with Crippen molar-refractivity contribution in [2.45, 2.75) is 19.8 Å². The fourth-order valence-electron chi connectivity index (χ4n) is 1.38. The zero-order chi connectivity index (χ0) is 12.0. The van der Waals surface area contributed by atoms with E-state index in [-0.39, 0.29) is 6.42 Å². The van der Waals surface area contributed by atoms with Crippen molar-refractivity contribution in [3.05, 3.63) is 35.4 Å². The molecule has 1 rings (SSSR count). The molecule has 0 heterocycles. The highest BCUT2D eigenvalue weighted by Crippen LogP contribution is 2.18. The third-order valence-corrected chi connectivity index (χ3v) is 2.30. The minimum atomic E-state index is -0.767. The van der Waals surface area contributed by atoms with E-state index in [1.165, 1.54) is 0 Å². The number of methoxy groups -OCH3 is 1. The molecule has 3 nitrogen and oxygen atoms in total. The van der Waals surface area contributed by atoms with Crippen LogP contribution in [0.15, 0.2) is 24.3 Å². The van der Waals surface area contributed by atoms with Crippen LogP contribution in [0.4, 0.5) is 0 Å². The Labute approximate surface area is 95.4 Å². The molecule has 0 fully saturated rings. The molecule has 0 bridgehead atoms. The van der Waals surface area contributed by atoms with E-state index < -0.39 is 5.97 Å². The van der Waals surface area contributed by atoms with Gasteiger partial charge in [0.2, 0.25) is 0 Å². The molecule has 0 amide bonds. The van der Waals surface area contributed by atoms with E-state index in [1.54, 1.807) is 7.11 Å². The van der Waals surface area contributed by atoms with Crippen molar-refractivity contribution >= 4 is 12.0 Å². The fraction of sp³-hybridized carbons (Fsp3) is 0.308. The maximum absolute atomic E-state index is 10.3. The summed E-state index contributed by atoms with van der Waals surface area (Å²) < 4.78 is 5.11. The second-order valence-corrected chi connectivity index (χ2v) is 3.56. The lowest BCUT2D eigenvalue weighted by Gasteiger charge is -2.03. The van der Waals surface area contributed by atoms with Gasteiger partial charge >= 0.3 is 5.97 Å². The van der Waals surface area contributed by atoms with Crippen LogP contribution in [0.2, 0.25) is 0 Å². The number of carboxylic acids is 1. The molecular weight excluding hydrogens is 204 g/mol. The summed E-state index contributed by atoms with van der Waals surface area (Å²) in [6.07, 6.45) is 4.55. The molecule has 0 spiro atoms. The van der Waals surface area contributed by atoms with Gasteiger partial charge in [-0.15, -0.1) is 0 Å². The van der Waals surface area contributed by atoms with Crippen molar-refractivity contribution in [3.8, 4) is 5.75 Å². The SMILES string of the molecule is COc1ccc(C=CCCC(=O)O)c(C)c1. The molecule has 0 atom stereocenters. The standard InChI is InChI=1S/C13H16O3/c1-10-9-12(16-2)8-7-11(10)5-3-4-6-13(14)15/h3,5,7-9H,4,6H2,1-2H3,(H,14,15). The van der Waals surface area contributed by atoms with Crippen LogP contribution < -0.4 is 4.74 Å². The minimum absolute atomic E-state index is 0.172. The number of rotatable bonds is 5. The first kappa shape index (κ1) is 12.3. The Morgan fingerprint density at radius 2 is 2.25 bits per heavy atom. The molecule has 0 unspecified atom stereocenters. The van der Waals surface area contributed by atoms with Gasteiger partial charge < -0.3 is 9.84 Å². The summed E-state index contributed by atoms with van der Waals surface area (Å²) in [5.41, 5.74) is 2.21. The van der Waals surface area contributed by atoms with Crippen LogP contribution >= 0.6 is 0 Å². The van der Waals surface area contributed by atoms with Gasteiger partial charge in [-0.3, -0.25) is 4.79 Å². The number of aryl methyl sites for hydroxylation is 1. The predicted molar refractivity (Wildman–Crippen MR) is 63.6 cm³/mol. The topological polar surface area (TPSA) is 46.5 Å². The van der Waals surface area contributed by atoms with Gasteiger partial charge in [0.25, 0.3) is 0 Å². The summed E-state index contributed by atoms with van der Waals surface area (Å²) in [4.78, 5) is 10.3. The molecule has 0 aromatic heterocycles. The number of ether oxygens (including phenoxy) is 1. The van der Waals surface area contributed by atoms with Crippen LogP contribution in [0.25, 0.3) is 6.08 Å². The van der Waals surface area contributed by atoms with E-state index in [0.717, 1.165) is 16.9 Å². The normalized spacial score (nSPS) is 10.6. The van der Waals surface area contributed by atoms with Gasteiger partial charge in [0.05, 0.1) is 7.11 Å². The van der Waals surface area contributed by atoms with Crippen molar-refractivity contribution in [2.75, 3.05) is 7.11 Å². The molecule has 16 heavy (non-hydrogen) atoms. The van der Waals surface area contributed by atoms with E-state index in [1.807, 2.05) is 37.3 Å². The lowest BCUT2D eigenvalue weighted by Crippen LogP contribution is -1.91. The van der Waals surface area contributed by atoms with Crippen molar-refractivity contribution < 1.29 is 14.6 Å². The number of hydrogen-bond acceptors (Lipinski definition) is 2. The summed E-state index contributed by atoms with van der Waals surface area (Å²) in [5, 5.41) is 8.48. The highest BCUT2D eigenvalue weighted by atomic mass is 16.5. The molecule has 1 aromatic carbocycles. The smallest absolute Gasteiger partial charge is 0.303 e. The molecule has 3 heteroatoms. The maximum atomic E-state index is 10.3. The minimum Gasteiger partial charge on any atom is -0.497 e. The largest absolute Gasteiger partial charge is 0.497 e. The van der Waals surface area contributed by atoms with Gasteiger partial charge in [-0.2, -0.15) is 0 Å². The second-order valence-electron chi connectivity index (χ2n) is 3.56.